The fourth-order valence-corrected chi connectivity index (χ4v) is 0.929. The van der Waals surface area contributed by atoms with Gasteiger partial charge in [-0.25, -0.2) is 4.39 Å². The van der Waals surface area contributed by atoms with Gasteiger partial charge >= 0.3 is 0 Å². The maximum atomic E-state index is 12.8. The van der Waals surface area contributed by atoms with Crippen molar-refractivity contribution in [3.8, 4) is 6.07 Å². The molecule has 1 rings (SSSR count). The van der Waals surface area contributed by atoms with E-state index in [0.717, 1.165) is 0 Å². The molecular formula is C8H8FN3. The highest BCUT2D eigenvalue weighted by Gasteiger charge is 2.07. The van der Waals surface area contributed by atoms with Gasteiger partial charge in [0.25, 0.3) is 0 Å². The Morgan fingerprint density at radius 2 is 2.08 bits per heavy atom. The van der Waals surface area contributed by atoms with E-state index in [-0.39, 0.29) is 12.1 Å². The molecule has 0 amide bonds. The Morgan fingerprint density at radius 3 is 2.67 bits per heavy atom. The van der Waals surface area contributed by atoms with E-state index in [9.17, 15) is 4.39 Å². The summed E-state index contributed by atoms with van der Waals surface area (Å²) in [7, 11) is 0. The summed E-state index contributed by atoms with van der Waals surface area (Å²) in [5.41, 5.74) is 11.5. The predicted octanol–water partition coefficient (Wildman–Crippen LogP) is 1.06. The van der Waals surface area contributed by atoms with Crippen LogP contribution in [0.1, 0.15) is 5.56 Å². The molecule has 0 atom stereocenters. The van der Waals surface area contributed by atoms with Crippen molar-refractivity contribution in [1.29, 1.82) is 5.26 Å². The minimum Gasteiger partial charge on any atom is -0.398 e. The average Bonchev–Trinajstić information content (AvgIpc) is 2.06. The minimum atomic E-state index is -0.533. The standard InChI is InChI=1S/C8H8FN3/c9-6-1-2-7(11)5(3-4-10)8(6)12/h1-2H,3,11-12H2. The highest BCUT2D eigenvalue weighted by atomic mass is 19.1. The third-order valence-corrected chi connectivity index (χ3v) is 1.60. The molecular weight excluding hydrogens is 157 g/mol. The molecule has 0 heterocycles. The van der Waals surface area contributed by atoms with Crippen molar-refractivity contribution in [3.05, 3.63) is 23.5 Å². The van der Waals surface area contributed by atoms with Crippen molar-refractivity contribution in [1.82, 2.24) is 0 Å². The number of hydrogen-bond acceptors (Lipinski definition) is 3. The molecule has 12 heavy (non-hydrogen) atoms. The van der Waals surface area contributed by atoms with Crippen LogP contribution >= 0.6 is 0 Å². The Hall–Kier alpha value is -1.76. The van der Waals surface area contributed by atoms with Gasteiger partial charge in [-0.2, -0.15) is 5.26 Å². The molecule has 0 spiro atoms. The summed E-state index contributed by atoms with van der Waals surface area (Å²) in [4.78, 5) is 0. The van der Waals surface area contributed by atoms with E-state index in [1.807, 2.05) is 6.07 Å². The van der Waals surface area contributed by atoms with Gasteiger partial charge in [-0.1, -0.05) is 0 Å². The summed E-state index contributed by atoms with van der Waals surface area (Å²) >= 11 is 0. The lowest BCUT2D eigenvalue weighted by Gasteiger charge is -2.05. The van der Waals surface area contributed by atoms with E-state index >= 15 is 0 Å². The Kier molecular flexibility index (Phi) is 2.15. The summed E-state index contributed by atoms with van der Waals surface area (Å²) in [5.74, 6) is -0.533. The van der Waals surface area contributed by atoms with Crippen LogP contribution in [-0.2, 0) is 6.42 Å². The summed E-state index contributed by atoms with van der Waals surface area (Å²) < 4.78 is 12.8. The van der Waals surface area contributed by atoms with E-state index in [2.05, 4.69) is 0 Å². The number of halogens is 1. The van der Waals surface area contributed by atoms with Crippen LogP contribution < -0.4 is 11.5 Å². The van der Waals surface area contributed by atoms with Gasteiger partial charge < -0.3 is 11.5 Å². The first kappa shape index (κ1) is 8.34. The lowest BCUT2D eigenvalue weighted by molar-refractivity contribution is 0.631. The third-order valence-electron chi connectivity index (χ3n) is 1.60. The first-order valence-electron chi connectivity index (χ1n) is 3.36. The van der Waals surface area contributed by atoms with Crippen molar-refractivity contribution in [2.45, 2.75) is 6.42 Å². The molecule has 0 saturated heterocycles. The third kappa shape index (κ3) is 1.30. The molecule has 0 aliphatic heterocycles. The molecule has 0 saturated carbocycles. The highest BCUT2D eigenvalue weighted by molar-refractivity contribution is 5.62. The van der Waals surface area contributed by atoms with Gasteiger partial charge in [-0.05, 0) is 12.1 Å². The fraction of sp³-hybridized carbons (Fsp3) is 0.125. The largest absolute Gasteiger partial charge is 0.398 e. The predicted molar refractivity (Wildman–Crippen MR) is 44.5 cm³/mol. The molecule has 62 valence electrons. The second kappa shape index (κ2) is 3.09. The number of hydrogen-bond donors (Lipinski definition) is 2. The highest BCUT2D eigenvalue weighted by Crippen LogP contribution is 2.22. The van der Waals surface area contributed by atoms with Crippen LogP contribution in [0, 0.1) is 17.1 Å². The molecule has 4 N–H and O–H groups in total. The second-order valence-electron chi connectivity index (χ2n) is 2.36. The van der Waals surface area contributed by atoms with Crippen molar-refractivity contribution in [2.24, 2.45) is 0 Å². The van der Waals surface area contributed by atoms with E-state index in [1.54, 1.807) is 0 Å². The quantitative estimate of drug-likeness (QED) is 0.611. The van der Waals surface area contributed by atoms with Crippen LogP contribution in [0.3, 0.4) is 0 Å². The second-order valence-corrected chi connectivity index (χ2v) is 2.36. The maximum Gasteiger partial charge on any atom is 0.146 e. The summed E-state index contributed by atoms with van der Waals surface area (Å²) in [6.07, 6.45) is 0.0371. The lowest BCUT2D eigenvalue weighted by Crippen LogP contribution is -2.01. The van der Waals surface area contributed by atoms with E-state index in [0.29, 0.717) is 11.3 Å². The average molecular weight is 165 g/mol. The summed E-state index contributed by atoms with van der Waals surface area (Å²) in [6.45, 7) is 0. The van der Waals surface area contributed by atoms with Crippen molar-refractivity contribution >= 4 is 11.4 Å². The minimum absolute atomic E-state index is 0.0310. The van der Waals surface area contributed by atoms with Gasteiger partial charge in [-0.3, -0.25) is 0 Å². The smallest absolute Gasteiger partial charge is 0.146 e. The van der Waals surface area contributed by atoms with Crippen LogP contribution in [-0.4, -0.2) is 0 Å². The molecule has 0 aliphatic carbocycles. The fourth-order valence-electron chi connectivity index (χ4n) is 0.929. The number of nitrogens with zero attached hydrogens (tertiary/aromatic N) is 1. The SMILES string of the molecule is N#CCc1c(N)ccc(F)c1N. The Balaban J connectivity index is 3.25. The molecule has 4 heteroatoms. The summed E-state index contributed by atoms with van der Waals surface area (Å²) in [6, 6.07) is 4.45. The molecule has 3 nitrogen and oxygen atoms in total. The zero-order chi connectivity index (χ0) is 9.14. The van der Waals surface area contributed by atoms with Crippen LogP contribution in [0.4, 0.5) is 15.8 Å². The first-order valence-corrected chi connectivity index (χ1v) is 3.36. The molecule has 0 fully saturated rings. The molecule has 0 radical (unpaired) electrons. The van der Waals surface area contributed by atoms with Gasteiger partial charge in [0.1, 0.15) is 5.82 Å². The van der Waals surface area contributed by atoms with Gasteiger partial charge in [-0.15, -0.1) is 0 Å². The molecule has 1 aromatic carbocycles. The van der Waals surface area contributed by atoms with Gasteiger partial charge in [0, 0.05) is 11.3 Å². The molecule has 0 aliphatic rings. The topological polar surface area (TPSA) is 75.8 Å². The first-order chi connectivity index (χ1) is 5.66. The van der Waals surface area contributed by atoms with Crippen LogP contribution in [0.15, 0.2) is 12.1 Å². The van der Waals surface area contributed by atoms with Crippen molar-refractivity contribution < 1.29 is 4.39 Å². The number of nitrogens with two attached hydrogens (primary N) is 2. The normalized spacial score (nSPS) is 9.33. The maximum absolute atomic E-state index is 12.8. The van der Waals surface area contributed by atoms with E-state index in [1.165, 1.54) is 12.1 Å². The monoisotopic (exact) mass is 165 g/mol. The molecule has 0 aromatic heterocycles. The van der Waals surface area contributed by atoms with Gasteiger partial charge in [0.05, 0.1) is 18.2 Å². The number of rotatable bonds is 1. The zero-order valence-corrected chi connectivity index (χ0v) is 6.34. The van der Waals surface area contributed by atoms with Crippen LogP contribution in [0.5, 0.6) is 0 Å². The van der Waals surface area contributed by atoms with Gasteiger partial charge in [0.2, 0.25) is 0 Å². The Morgan fingerprint density at radius 1 is 1.42 bits per heavy atom. The molecule has 0 bridgehead atoms. The molecule has 1 aromatic rings. The number of benzene rings is 1. The van der Waals surface area contributed by atoms with E-state index in [4.69, 9.17) is 16.7 Å². The van der Waals surface area contributed by atoms with Gasteiger partial charge in [0.15, 0.2) is 0 Å². The number of nitriles is 1. The zero-order valence-electron chi connectivity index (χ0n) is 6.34. The lowest BCUT2D eigenvalue weighted by atomic mass is 10.1. The van der Waals surface area contributed by atoms with Crippen LogP contribution in [0.25, 0.3) is 0 Å². The van der Waals surface area contributed by atoms with Crippen molar-refractivity contribution in [3.63, 3.8) is 0 Å². The molecule has 0 unspecified atom stereocenters. The summed E-state index contributed by atoms with van der Waals surface area (Å²) in [5, 5.41) is 8.38. The van der Waals surface area contributed by atoms with Crippen molar-refractivity contribution in [2.75, 3.05) is 11.5 Å². The van der Waals surface area contributed by atoms with Crippen LogP contribution in [0.2, 0.25) is 0 Å². The van der Waals surface area contributed by atoms with E-state index < -0.39 is 5.82 Å². The Bertz CT molecular complexity index is 341. The Labute approximate surface area is 69.4 Å². The number of anilines is 2. The number of nitrogen functional groups attached to an aromatic ring is 2.